The molecule has 5 rings (SSSR count). The molecule has 72 heavy (non-hydrogen) atoms. The second kappa shape index (κ2) is 28.8. The maximum Gasteiger partial charge on any atom is 0.311 e. The Morgan fingerprint density at radius 3 is 1.85 bits per heavy atom. The van der Waals surface area contributed by atoms with E-state index in [0.29, 0.717) is 32.1 Å². The van der Waals surface area contributed by atoms with Gasteiger partial charge in [-0.2, -0.15) is 0 Å². The summed E-state index contributed by atoms with van der Waals surface area (Å²) in [6.07, 6.45) is -22.7. The van der Waals surface area contributed by atoms with Crippen LogP contribution in [0.15, 0.2) is 0 Å². The fourth-order valence-corrected chi connectivity index (χ4v) is 9.53. The molecule has 5 aliphatic heterocycles. The van der Waals surface area contributed by atoms with Gasteiger partial charge in [0.25, 0.3) is 0 Å². The molecule has 0 aromatic carbocycles. The van der Waals surface area contributed by atoms with Crippen LogP contribution in [0.1, 0.15) is 145 Å². The monoisotopic (exact) mass is 1040 g/mol. The average molecular weight is 1040 g/mol. The van der Waals surface area contributed by atoms with Gasteiger partial charge in [0.05, 0.1) is 49.0 Å². The summed E-state index contributed by atoms with van der Waals surface area (Å²) in [6, 6.07) is 0. The predicted molar refractivity (Wildman–Crippen MR) is 250 cm³/mol. The Labute approximate surface area is 423 Å². The molecule has 5 saturated heterocycles. The van der Waals surface area contributed by atoms with E-state index in [1.165, 1.54) is 27.7 Å². The number of fused-ring (bicyclic) bond motifs is 4. The molecular weight excluding hydrogens is 953 g/mol. The first-order valence-electron chi connectivity index (χ1n) is 26.4. The molecule has 22 heteroatoms. The van der Waals surface area contributed by atoms with E-state index in [1.54, 1.807) is 20.8 Å². The first kappa shape index (κ1) is 60.6. The molecule has 0 saturated carbocycles. The minimum absolute atomic E-state index is 0.0512. The molecule has 0 aromatic heterocycles. The Morgan fingerprint density at radius 1 is 0.611 bits per heavy atom. The maximum atomic E-state index is 14.0. The molecule has 0 spiro atoms. The lowest BCUT2D eigenvalue weighted by Crippen LogP contribution is -2.68. The minimum Gasteiger partial charge on any atom is -0.456 e. The number of rotatable bonds is 13. The molecule has 5 heterocycles. The van der Waals surface area contributed by atoms with Gasteiger partial charge >= 0.3 is 17.9 Å². The van der Waals surface area contributed by atoms with Gasteiger partial charge in [-0.15, -0.1) is 0 Å². The van der Waals surface area contributed by atoms with Crippen molar-refractivity contribution in [2.45, 2.75) is 280 Å². The van der Waals surface area contributed by atoms with Gasteiger partial charge in [-0.3, -0.25) is 14.4 Å². The first-order valence-corrected chi connectivity index (χ1v) is 26.4. The lowest BCUT2D eigenvalue weighted by atomic mass is 9.95. The highest BCUT2D eigenvalue weighted by atomic mass is 16.8. The third kappa shape index (κ3) is 15.7. The van der Waals surface area contributed by atoms with Crippen LogP contribution in [0.4, 0.5) is 0 Å². The van der Waals surface area contributed by atoms with Crippen molar-refractivity contribution in [1.82, 2.24) is 0 Å². The first-order chi connectivity index (χ1) is 34.2. The quantitative estimate of drug-likeness (QED) is 0.0737. The van der Waals surface area contributed by atoms with Gasteiger partial charge in [0.15, 0.2) is 37.2 Å². The van der Waals surface area contributed by atoms with Gasteiger partial charge in [0.2, 0.25) is 6.29 Å². The Morgan fingerprint density at radius 2 is 1.21 bits per heavy atom. The van der Waals surface area contributed by atoms with Crippen LogP contribution >= 0.6 is 0 Å². The van der Waals surface area contributed by atoms with Gasteiger partial charge in [-0.1, -0.05) is 78.6 Å². The predicted octanol–water partition coefficient (Wildman–Crippen LogP) is 1.55. The van der Waals surface area contributed by atoms with Crippen LogP contribution in [-0.4, -0.2) is 200 Å². The molecule has 5 fully saturated rings. The number of hydrogen-bond donors (Lipinski definition) is 8. The Hall–Kier alpha value is -2.23. The van der Waals surface area contributed by atoms with Crippen molar-refractivity contribution < 1.29 is 107 Å². The number of ether oxygens (including phenoxy) is 11. The molecular formula is C50H86O22. The number of hydrogen-bond acceptors (Lipinski definition) is 22. The van der Waals surface area contributed by atoms with Crippen LogP contribution < -0.4 is 0 Å². The summed E-state index contributed by atoms with van der Waals surface area (Å²) < 4.78 is 68.2. The number of esters is 3. The summed E-state index contributed by atoms with van der Waals surface area (Å²) in [6.45, 7) is 12.0. The second-order valence-corrected chi connectivity index (χ2v) is 20.5. The van der Waals surface area contributed by atoms with Crippen LogP contribution in [0.3, 0.4) is 0 Å². The molecule has 0 radical (unpaired) electrons. The minimum atomic E-state index is -1.90. The highest BCUT2D eigenvalue weighted by Gasteiger charge is 2.58. The van der Waals surface area contributed by atoms with Crippen LogP contribution in [0.25, 0.3) is 0 Å². The number of carbonyl (C=O) groups is 3. The highest BCUT2D eigenvalue weighted by Crippen LogP contribution is 2.38. The van der Waals surface area contributed by atoms with E-state index < -0.39 is 165 Å². The van der Waals surface area contributed by atoms with E-state index in [9.17, 15) is 55.2 Å². The fraction of sp³-hybridized carbons (Fsp3) is 0.940. The zero-order chi connectivity index (χ0) is 53.0. The normalized spacial score (nSPS) is 42.4. The third-order valence-electron chi connectivity index (χ3n) is 14.7. The molecule has 418 valence electrons. The van der Waals surface area contributed by atoms with Crippen molar-refractivity contribution in [2.75, 3.05) is 6.61 Å². The van der Waals surface area contributed by atoms with Crippen molar-refractivity contribution in [3.63, 3.8) is 0 Å². The topological polar surface area (TPSA) is 315 Å². The van der Waals surface area contributed by atoms with Crippen molar-refractivity contribution in [1.29, 1.82) is 0 Å². The van der Waals surface area contributed by atoms with Gasteiger partial charge in [0.1, 0.15) is 61.0 Å². The third-order valence-corrected chi connectivity index (χ3v) is 14.7. The molecule has 0 aliphatic carbocycles. The van der Waals surface area contributed by atoms with Crippen molar-refractivity contribution in [3.8, 4) is 0 Å². The number of aliphatic hydroxyl groups is 8. The Bertz CT molecular complexity index is 1640. The molecule has 0 amide bonds. The van der Waals surface area contributed by atoms with E-state index in [0.717, 1.165) is 51.4 Å². The second-order valence-electron chi connectivity index (χ2n) is 20.5. The molecule has 1 unspecified atom stereocenters. The lowest BCUT2D eigenvalue weighted by molar-refractivity contribution is -0.402. The average Bonchev–Trinajstić information content (AvgIpc) is 3.34. The number of aliphatic hydroxyl groups excluding tert-OH is 8. The zero-order valence-corrected chi connectivity index (χ0v) is 43.3. The van der Waals surface area contributed by atoms with E-state index >= 15 is 0 Å². The fourth-order valence-electron chi connectivity index (χ4n) is 9.53. The zero-order valence-electron chi connectivity index (χ0n) is 43.3. The summed E-state index contributed by atoms with van der Waals surface area (Å²) in [5, 5.41) is 88.8. The number of carbonyl (C=O) groups excluding carboxylic acids is 3. The van der Waals surface area contributed by atoms with Crippen LogP contribution in [0, 0.1) is 11.8 Å². The molecule has 22 nitrogen and oxygen atoms in total. The molecule has 8 N–H and O–H groups in total. The molecule has 24 atom stereocenters. The van der Waals surface area contributed by atoms with Crippen molar-refractivity contribution >= 4 is 17.9 Å². The molecule has 5 aliphatic rings. The number of unbranched alkanes of at least 4 members (excludes halogenated alkanes) is 2. The smallest absolute Gasteiger partial charge is 0.311 e. The largest absolute Gasteiger partial charge is 0.456 e. The molecule has 2 bridgehead atoms. The Kier molecular flexibility index (Phi) is 24.2. The van der Waals surface area contributed by atoms with Crippen LogP contribution in [0.5, 0.6) is 0 Å². The van der Waals surface area contributed by atoms with E-state index in [2.05, 4.69) is 6.92 Å². The molecule has 0 aromatic rings. The summed E-state index contributed by atoms with van der Waals surface area (Å²) in [7, 11) is 0. The maximum absolute atomic E-state index is 14.0. The van der Waals surface area contributed by atoms with E-state index in [4.69, 9.17) is 52.1 Å². The van der Waals surface area contributed by atoms with Crippen molar-refractivity contribution in [3.05, 3.63) is 0 Å². The summed E-state index contributed by atoms with van der Waals surface area (Å²) >= 11 is 0. The van der Waals surface area contributed by atoms with E-state index in [-0.39, 0.29) is 12.5 Å². The lowest BCUT2D eigenvalue weighted by Gasteiger charge is -2.50. The summed E-state index contributed by atoms with van der Waals surface area (Å²) in [5.74, 6) is -4.02. The van der Waals surface area contributed by atoms with Gasteiger partial charge < -0.3 is 93.0 Å². The summed E-state index contributed by atoms with van der Waals surface area (Å²) in [5.41, 5.74) is 0. The van der Waals surface area contributed by atoms with Gasteiger partial charge in [-0.05, 0) is 60.3 Å². The van der Waals surface area contributed by atoms with Gasteiger partial charge in [0, 0.05) is 6.42 Å². The highest BCUT2D eigenvalue weighted by molar-refractivity contribution is 5.73. The van der Waals surface area contributed by atoms with Crippen molar-refractivity contribution in [2.24, 2.45) is 11.8 Å². The van der Waals surface area contributed by atoms with Gasteiger partial charge in [-0.25, -0.2) is 0 Å². The standard InChI is InChI=1S/C50H86O22/c1-9-11-17-20-30-21-18-15-13-12-14-16-19-22-32(53)67-43-40(71-47-38(59)37(58)39(28(7)63-47)69-46(61)25(4)26(5)52)29(8)64-50(44(43)70-45(60)24(3)10-2)72-49-42(36(57)34(55)31(23-51)66-49)68-41-35(56)33(54)27(6)62-48(41)65-30/h24-31,33-44,47-52,54-59H,9-23H2,1-8H3/t24?,25-,26-,27-,28-,29-,30+,31-,33-,34-,35+,36+,37-,38-,39-,40+,41-,42-,43-,44-,47+,48+,49+,50+/m1/s1. The van der Waals surface area contributed by atoms with Crippen LogP contribution in [0.2, 0.25) is 0 Å². The summed E-state index contributed by atoms with van der Waals surface area (Å²) in [4.78, 5) is 40.6. The van der Waals surface area contributed by atoms with E-state index in [1.807, 2.05) is 0 Å². The van der Waals surface area contributed by atoms with Crippen LogP contribution in [-0.2, 0) is 66.5 Å². The Balaban J connectivity index is 1.54. The SMILES string of the molecule is CCCCC[C@H]1CCCCCCCCCC(=O)O[C@@H]2[C@@H](O[C@@H]3O[C@H](C)[C@@H](OC(=O)[C@H](C)[C@@H](C)O)[C@H](O)[C@H]3O)[C@@H](C)O[C@@H](O[C@@H]3O[C@H](CO)[C@@H](O)[C@H](O)[C@H]3O[C@H]3[C@H](O1)O[C@H](C)[C@@H](O)[C@@H]3O)[C@@H]2OC(=O)C(C)CC.